The summed E-state index contributed by atoms with van der Waals surface area (Å²) in [5.74, 6) is 0.235. The number of esters is 1. The maximum Gasteiger partial charge on any atom is 0.343 e. The molecule has 110 valence electrons. The first-order valence-electron chi connectivity index (χ1n) is 6.33. The van der Waals surface area contributed by atoms with E-state index in [0.29, 0.717) is 10.4 Å². The highest BCUT2D eigenvalue weighted by atomic mass is 79.9. The SMILES string of the molecule is COC(=O)COc1cc(Br)ncc1CN1CCOCC1. The summed E-state index contributed by atoms with van der Waals surface area (Å²) in [5, 5.41) is 0. The van der Waals surface area contributed by atoms with Crippen LogP contribution in [0.3, 0.4) is 0 Å². The molecule has 0 aliphatic carbocycles. The molecule has 0 amide bonds. The Balaban J connectivity index is 2.04. The topological polar surface area (TPSA) is 60.9 Å². The third kappa shape index (κ3) is 4.43. The summed E-state index contributed by atoms with van der Waals surface area (Å²) in [6.07, 6.45) is 1.76. The van der Waals surface area contributed by atoms with Crippen LogP contribution in [0.4, 0.5) is 0 Å². The van der Waals surface area contributed by atoms with E-state index in [9.17, 15) is 4.79 Å². The van der Waals surface area contributed by atoms with Crippen LogP contribution >= 0.6 is 15.9 Å². The number of hydrogen-bond acceptors (Lipinski definition) is 6. The first kappa shape index (κ1) is 15.2. The van der Waals surface area contributed by atoms with Crippen LogP contribution in [0.1, 0.15) is 5.56 Å². The van der Waals surface area contributed by atoms with Crippen molar-refractivity contribution in [3.63, 3.8) is 0 Å². The molecular formula is C13H17BrN2O4. The van der Waals surface area contributed by atoms with Crippen LogP contribution in [-0.2, 0) is 20.8 Å². The molecular weight excluding hydrogens is 328 g/mol. The van der Waals surface area contributed by atoms with E-state index in [-0.39, 0.29) is 6.61 Å². The summed E-state index contributed by atoms with van der Waals surface area (Å²) in [5.41, 5.74) is 0.944. The lowest BCUT2D eigenvalue weighted by Crippen LogP contribution is -2.35. The molecule has 0 N–H and O–H groups in total. The van der Waals surface area contributed by atoms with E-state index in [4.69, 9.17) is 9.47 Å². The number of carbonyl (C=O) groups excluding carboxylic acids is 1. The third-order valence-corrected chi connectivity index (χ3v) is 3.41. The number of methoxy groups -OCH3 is 1. The Kier molecular flexibility index (Phi) is 5.75. The lowest BCUT2D eigenvalue weighted by Gasteiger charge is -2.27. The minimum atomic E-state index is -0.407. The summed E-state index contributed by atoms with van der Waals surface area (Å²) in [7, 11) is 1.34. The number of morpholine rings is 1. The minimum absolute atomic E-state index is 0.108. The van der Waals surface area contributed by atoms with Gasteiger partial charge in [0.25, 0.3) is 0 Å². The smallest absolute Gasteiger partial charge is 0.343 e. The average molecular weight is 345 g/mol. The minimum Gasteiger partial charge on any atom is -0.481 e. The van der Waals surface area contributed by atoms with E-state index in [1.807, 2.05) is 0 Å². The molecule has 0 spiro atoms. The lowest BCUT2D eigenvalue weighted by molar-refractivity contribution is -0.142. The number of hydrogen-bond donors (Lipinski definition) is 0. The van der Waals surface area contributed by atoms with E-state index in [0.717, 1.165) is 38.4 Å². The Bertz CT molecular complexity index is 464. The van der Waals surface area contributed by atoms with E-state index >= 15 is 0 Å². The Morgan fingerprint density at radius 3 is 2.95 bits per heavy atom. The molecule has 0 saturated carbocycles. The number of nitrogens with zero attached hydrogens (tertiary/aromatic N) is 2. The summed E-state index contributed by atoms with van der Waals surface area (Å²) in [6, 6.07) is 1.76. The molecule has 2 rings (SSSR count). The standard InChI is InChI=1S/C13H17BrN2O4/c1-18-13(17)9-20-11-6-12(14)15-7-10(11)8-16-2-4-19-5-3-16/h6-7H,2-5,8-9H2,1H3. The summed E-state index contributed by atoms with van der Waals surface area (Å²) in [6.45, 7) is 3.85. The van der Waals surface area contributed by atoms with Gasteiger partial charge in [0.05, 0.1) is 20.3 Å². The highest BCUT2D eigenvalue weighted by molar-refractivity contribution is 9.10. The van der Waals surface area contributed by atoms with Crippen LogP contribution in [0, 0.1) is 0 Å². The summed E-state index contributed by atoms with van der Waals surface area (Å²) < 4.78 is 16.1. The quantitative estimate of drug-likeness (QED) is 0.591. The van der Waals surface area contributed by atoms with Crippen molar-refractivity contribution in [3.05, 3.63) is 22.4 Å². The highest BCUT2D eigenvalue weighted by Gasteiger charge is 2.15. The van der Waals surface area contributed by atoms with Crippen LogP contribution in [-0.4, -0.2) is 55.9 Å². The molecule has 1 aliphatic heterocycles. The molecule has 1 aliphatic rings. The zero-order valence-electron chi connectivity index (χ0n) is 11.3. The van der Waals surface area contributed by atoms with Gasteiger partial charge in [-0.05, 0) is 15.9 Å². The fourth-order valence-electron chi connectivity index (χ4n) is 1.89. The van der Waals surface area contributed by atoms with Gasteiger partial charge < -0.3 is 14.2 Å². The predicted octanol–water partition coefficient (Wildman–Crippen LogP) is 1.23. The van der Waals surface area contributed by atoms with Gasteiger partial charge in [-0.25, -0.2) is 9.78 Å². The van der Waals surface area contributed by atoms with Crippen LogP contribution in [0.15, 0.2) is 16.9 Å². The van der Waals surface area contributed by atoms with E-state index in [2.05, 4.69) is 30.6 Å². The highest BCUT2D eigenvalue weighted by Crippen LogP contribution is 2.23. The monoisotopic (exact) mass is 344 g/mol. The molecule has 7 heteroatoms. The van der Waals surface area contributed by atoms with Crippen LogP contribution < -0.4 is 4.74 Å². The Morgan fingerprint density at radius 1 is 1.50 bits per heavy atom. The fourth-order valence-corrected chi connectivity index (χ4v) is 2.20. The Hall–Kier alpha value is -1.18. The summed E-state index contributed by atoms with van der Waals surface area (Å²) in [4.78, 5) is 17.6. The first-order valence-corrected chi connectivity index (χ1v) is 7.12. The van der Waals surface area contributed by atoms with Gasteiger partial charge in [0.2, 0.25) is 0 Å². The Morgan fingerprint density at radius 2 is 2.25 bits per heavy atom. The Labute approximate surface area is 126 Å². The van der Waals surface area contributed by atoms with Crippen molar-refractivity contribution in [2.24, 2.45) is 0 Å². The number of carbonyl (C=O) groups is 1. The lowest BCUT2D eigenvalue weighted by atomic mass is 10.2. The second kappa shape index (κ2) is 7.56. The molecule has 20 heavy (non-hydrogen) atoms. The largest absolute Gasteiger partial charge is 0.481 e. The molecule has 0 bridgehead atoms. The van der Waals surface area contributed by atoms with Crippen molar-refractivity contribution in [2.75, 3.05) is 40.0 Å². The molecule has 0 radical (unpaired) electrons. The van der Waals surface area contributed by atoms with Gasteiger partial charge in [-0.1, -0.05) is 0 Å². The van der Waals surface area contributed by atoms with E-state index in [1.54, 1.807) is 12.3 Å². The van der Waals surface area contributed by atoms with Crippen molar-refractivity contribution in [1.82, 2.24) is 9.88 Å². The van der Waals surface area contributed by atoms with Gasteiger partial charge in [-0.3, -0.25) is 4.90 Å². The first-order chi connectivity index (χ1) is 9.69. The third-order valence-electron chi connectivity index (χ3n) is 2.98. The normalized spacial score (nSPS) is 15.9. The zero-order chi connectivity index (χ0) is 14.4. The van der Waals surface area contributed by atoms with Crippen LogP contribution in [0.25, 0.3) is 0 Å². The number of pyridine rings is 1. The maximum atomic E-state index is 11.2. The number of ether oxygens (including phenoxy) is 3. The number of aromatic nitrogens is 1. The van der Waals surface area contributed by atoms with Crippen molar-refractivity contribution in [1.29, 1.82) is 0 Å². The van der Waals surface area contributed by atoms with Crippen molar-refractivity contribution in [3.8, 4) is 5.75 Å². The molecule has 0 aromatic carbocycles. The molecule has 1 aromatic rings. The predicted molar refractivity (Wildman–Crippen MR) is 75.5 cm³/mol. The van der Waals surface area contributed by atoms with Gasteiger partial charge in [-0.2, -0.15) is 0 Å². The van der Waals surface area contributed by atoms with Crippen LogP contribution in [0.5, 0.6) is 5.75 Å². The number of halogens is 1. The van der Waals surface area contributed by atoms with Gasteiger partial charge in [0.1, 0.15) is 10.4 Å². The second-order valence-electron chi connectivity index (χ2n) is 4.37. The van der Waals surface area contributed by atoms with Crippen molar-refractivity contribution in [2.45, 2.75) is 6.54 Å². The van der Waals surface area contributed by atoms with E-state index in [1.165, 1.54) is 7.11 Å². The molecule has 1 aromatic heterocycles. The number of rotatable bonds is 5. The van der Waals surface area contributed by atoms with Crippen molar-refractivity contribution < 1.29 is 19.0 Å². The molecule has 1 fully saturated rings. The van der Waals surface area contributed by atoms with Gasteiger partial charge in [-0.15, -0.1) is 0 Å². The average Bonchev–Trinajstić information content (AvgIpc) is 2.48. The summed E-state index contributed by atoms with van der Waals surface area (Å²) >= 11 is 3.30. The van der Waals surface area contributed by atoms with Gasteiger partial charge in [0.15, 0.2) is 6.61 Å². The van der Waals surface area contributed by atoms with Gasteiger partial charge >= 0.3 is 5.97 Å². The van der Waals surface area contributed by atoms with Crippen molar-refractivity contribution >= 4 is 21.9 Å². The van der Waals surface area contributed by atoms with E-state index < -0.39 is 5.97 Å². The molecule has 0 unspecified atom stereocenters. The molecule has 0 atom stereocenters. The molecule has 2 heterocycles. The zero-order valence-corrected chi connectivity index (χ0v) is 12.9. The molecule has 1 saturated heterocycles. The fraction of sp³-hybridized carbons (Fsp3) is 0.538. The molecule has 6 nitrogen and oxygen atoms in total. The van der Waals surface area contributed by atoms with Crippen LogP contribution in [0.2, 0.25) is 0 Å². The van der Waals surface area contributed by atoms with Gasteiger partial charge in [0, 0.05) is 37.5 Å². The maximum absolute atomic E-state index is 11.2. The second-order valence-corrected chi connectivity index (χ2v) is 5.18.